The van der Waals surface area contributed by atoms with Gasteiger partial charge in [-0.1, -0.05) is 18.2 Å². The SMILES string of the molecule is Cc1cccc(C)c1OCC(O)CN1CCC(c2cn[nH]c2)CC1. The Morgan fingerprint density at radius 2 is 2.00 bits per heavy atom. The Bertz CT molecular complexity index is 614. The largest absolute Gasteiger partial charge is 0.490 e. The van der Waals surface area contributed by atoms with Gasteiger partial charge in [0.15, 0.2) is 0 Å². The lowest BCUT2D eigenvalue weighted by Gasteiger charge is -2.32. The first kappa shape index (κ1) is 17.0. The maximum Gasteiger partial charge on any atom is 0.125 e. The summed E-state index contributed by atoms with van der Waals surface area (Å²) in [6.45, 7) is 7.10. The van der Waals surface area contributed by atoms with Gasteiger partial charge in [0, 0.05) is 12.7 Å². The monoisotopic (exact) mass is 329 g/mol. The smallest absolute Gasteiger partial charge is 0.125 e. The molecule has 0 aliphatic carbocycles. The van der Waals surface area contributed by atoms with Crippen molar-refractivity contribution in [1.29, 1.82) is 0 Å². The maximum atomic E-state index is 10.3. The van der Waals surface area contributed by atoms with Crippen LogP contribution >= 0.6 is 0 Å². The number of β-amino-alcohol motifs (C(OH)–C–C–N with tert-alkyl or cyclic N) is 1. The minimum Gasteiger partial charge on any atom is -0.490 e. The van der Waals surface area contributed by atoms with Crippen molar-refractivity contribution in [2.45, 2.75) is 38.7 Å². The Labute approximate surface area is 143 Å². The molecule has 1 atom stereocenters. The van der Waals surface area contributed by atoms with Crippen molar-refractivity contribution < 1.29 is 9.84 Å². The molecule has 1 fully saturated rings. The van der Waals surface area contributed by atoms with E-state index in [2.05, 4.69) is 15.1 Å². The number of aliphatic hydroxyl groups is 1. The number of ether oxygens (including phenoxy) is 1. The van der Waals surface area contributed by atoms with Gasteiger partial charge >= 0.3 is 0 Å². The molecule has 24 heavy (non-hydrogen) atoms. The fourth-order valence-electron chi connectivity index (χ4n) is 3.49. The maximum absolute atomic E-state index is 10.3. The molecule has 5 nitrogen and oxygen atoms in total. The zero-order valence-electron chi connectivity index (χ0n) is 14.5. The summed E-state index contributed by atoms with van der Waals surface area (Å²) in [6.07, 6.45) is 5.68. The van der Waals surface area contributed by atoms with Crippen LogP contribution < -0.4 is 4.74 Å². The van der Waals surface area contributed by atoms with Gasteiger partial charge in [-0.15, -0.1) is 0 Å². The van der Waals surface area contributed by atoms with E-state index in [-0.39, 0.29) is 0 Å². The highest BCUT2D eigenvalue weighted by molar-refractivity contribution is 5.39. The quantitative estimate of drug-likeness (QED) is 0.855. The van der Waals surface area contributed by atoms with Crippen LogP contribution in [0.4, 0.5) is 0 Å². The first-order valence-corrected chi connectivity index (χ1v) is 8.71. The third-order valence-electron chi connectivity index (χ3n) is 4.88. The molecule has 2 N–H and O–H groups in total. The van der Waals surface area contributed by atoms with Crippen molar-refractivity contribution in [3.05, 3.63) is 47.3 Å². The van der Waals surface area contributed by atoms with Crippen molar-refractivity contribution in [2.24, 2.45) is 0 Å². The zero-order valence-corrected chi connectivity index (χ0v) is 14.5. The highest BCUT2D eigenvalue weighted by Crippen LogP contribution is 2.27. The third-order valence-corrected chi connectivity index (χ3v) is 4.88. The number of aromatic nitrogens is 2. The summed E-state index contributed by atoms with van der Waals surface area (Å²) < 4.78 is 5.86. The molecule has 1 aliphatic rings. The van der Waals surface area contributed by atoms with Crippen LogP contribution in [-0.2, 0) is 0 Å². The Hall–Kier alpha value is -1.85. The van der Waals surface area contributed by atoms with Gasteiger partial charge in [0.05, 0.1) is 6.20 Å². The summed E-state index contributed by atoms with van der Waals surface area (Å²) in [4.78, 5) is 2.33. The molecular weight excluding hydrogens is 302 g/mol. The molecular formula is C19H27N3O2. The highest BCUT2D eigenvalue weighted by Gasteiger charge is 2.23. The molecule has 1 saturated heterocycles. The van der Waals surface area contributed by atoms with Crippen molar-refractivity contribution in [1.82, 2.24) is 15.1 Å². The van der Waals surface area contributed by atoms with Gasteiger partial charge in [0.2, 0.25) is 0 Å². The lowest BCUT2D eigenvalue weighted by Crippen LogP contribution is -2.40. The second kappa shape index (κ2) is 7.81. The van der Waals surface area contributed by atoms with Crippen LogP contribution in [0.2, 0.25) is 0 Å². The second-order valence-corrected chi connectivity index (χ2v) is 6.79. The summed E-state index contributed by atoms with van der Waals surface area (Å²) >= 11 is 0. The number of likely N-dealkylation sites (tertiary alicyclic amines) is 1. The van der Waals surface area contributed by atoms with E-state index < -0.39 is 6.10 Å². The summed E-state index contributed by atoms with van der Waals surface area (Å²) in [5, 5.41) is 17.2. The number of piperidine rings is 1. The van der Waals surface area contributed by atoms with Gasteiger partial charge in [-0.3, -0.25) is 5.10 Å². The van der Waals surface area contributed by atoms with Gasteiger partial charge < -0.3 is 14.7 Å². The molecule has 0 bridgehead atoms. The van der Waals surface area contributed by atoms with Crippen LogP contribution in [0.3, 0.4) is 0 Å². The molecule has 1 aliphatic heterocycles. The van der Waals surface area contributed by atoms with Crippen molar-refractivity contribution in [2.75, 3.05) is 26.2 Å². The van der Waals surface area contributed by atoms with Gasteiger partial charge in [0.1, 0.15) is 18.5 Å². The number of aryl methyl sites for hydroxylation is 2. The molecule has 3 rings (SSSR count). The lowest BCUT2D eigenvalue weighted by molar-refractivity contribution is 0.0590. The number of rotatable bonds is 6. The van der Waals surface area contributed by atoms with Crippen molar-refractivity contribution in [3.63, 3.8) is 0 Å². The molecule has 0 saturated carbocycles. The van der Waals surface area contributed by atoms with E-state index in [1.165, 1.54) is 5.56 Å². The number of nitrogens with zero attached hydrogens (tertiary/aromatic N) is 2. The second-order valence-electron chi connectivity index (χ2n) is 6.79. The topological polar surface area (TPSA) is 61.4 Å². The minimum atomic E-state index is -0.463. The van der Waals surface area contributed by atoms with Crippen LogP contribution in [-0.4, -0.2) is 52.5 Å². The lowest BCUT2D eigenvalue weighted by atomic mass is 9.91. The summed E-state index contributed by atoms with van der Waals surface area (Å²) in [7, 11) is 0. The van der Waals surface area contributed by atoms with Gasteiger partial charge in [-0.25, -0.2) is 0 Å². The molecule has 0 amide bonds. The normalized spacial score (nSPS) is 17.8. The molecule has 0 radical (unpaired) electrons. The first-order valence-electron chi connectivity index (χ1n) is 8.71. The molecule has 2 heterocycles. The Morgan fingerprint density at radius 1 is 1.29 bits per heavy atom. The fourth-order valence-corrected chi connectivity index (χ4v) is 3.49. The van der Waals surface area contributed by atoms with Gasteiger partial charge in [-0.05, 0) is 62.4 Å². The number of para-hydroxylation sites is 1. The zero-order chi connectivity index (χ0) is 16.9. The Kier molecular flexibility index (Phi) is 5.53. The number of benzene rings is 1. The van der Waals surface area contributed by atoms with Gasteiger partial charge in [-0.2, -0.15) is 5.10 Å². The predicted octanol–water partition coefficient (Wildman–Crippen LogP) is 2.65. The van der Waals surface area contributed by atoms with E-state index >= 15 is 0 Å². The molecule has 1 unspecified atom stereocenters. The summed E-state index contributed by atoms with van der Waals surface area (Å²) in [6, 6.07) is 6.10. The van der Waals surface area contributed by atoms with E-state index in [4.69, 9.17) is 4.74 Å². The van der Waals surface area contributed by atoms with E-state index in [1.54, 1.807) is 0 Å². The number of H-pyrrole nitrogens is 1. The summed E-state index contributed by atoms with van der Waals surface area (Å²) in [5.74, 6) is 1.48. The molecule has 5 heteroatoms. The van der Waals surface area contributed by atoms with Crippen LogP contribution in [0.5, 0.6) is 5.75 Å². The van der Waals surface area contributed by atoms with E-state index in [0.717, 1.165) is 42.8 Å². The van der Waals surface area contributed by atoms with E-state index in [9.17, 15) is 5.11 Å². The molecule has 130 valence electrons. The highest BCUT2D eigenvalue weighted by atomic mass is 16.5. The van der Waals surface area contributed by atoms with Crippen molar-refractivity contribution >= 4 is 0 Å². The Balaban J connectivity index is 1.44. The third kappa shape index (κ3) is 4.16. The van der Waals surface area contributed by atoms with Crippen molar-refractivity contribution in [3.8, 4) is 5.75 Å². The average Bonchev–Trinajstić information content (AvgIpc) is 3.09. The molecule has 2 aromatic rings. The minimum absolute atomic E-state index is 0.341. The van der Waals surface area contributed by atoms with Crippen LogP contribution in [0.25, 0.3) is 0 Å². The fraction of sp³-hybridized carbons (Fsp3) is 0.526. The van der Waals surface area contributed by atoms with E-state index in [0.29, 0.717) is 19.1 Å². The number of nitrogens with one attached hydrogen (secondary N) is 1. The first-order chi connectivity index (χ1) is 11.6. The molecule has 0 spiro atoms. The van der Waals surface area contributed by atoms with Crippen LogP contribution in [0.1, 0.15) is 35.4 Å². The number of hydrogen-bond acceptors (Lipinski definition) is 4. The number of hydrogen-bond donors (Lipinski definition) is 2. The van der Waals surface area contributed by atoms with Crippen LogP contribution in [0, 0.1) is 13.8 Å². The Morgan fingerprint density at radius 3 is 2.62 bits per heavy atom. The molecule has 1 aromatic heterocycles. The number of aliphatic hydroxyl groups excluding tert-OH is 1. The summed E-state index contributed by atoms with van der Waals surface area (Å²) in [5.41, 5.74) is 3.53. The van der Waals surface area contributed by atoms with E-state index in [1.807, 2.05) is 44.4 Å². The van der Waals surface area contributed by atoms with Crippen LogP contribution in [0.15, 0.2) is 30.6 Å². The average molecular weight is 329 g/mol. The predicted molar refractivity (Wildman–Crippen MR) is 94.4 cm³/mol. The number of aromatic amines is 1. The molecule has 1 aromatic carbocycles. The standard InChI is InChI=1S/C19H27N3O2/c1-14-4-3-5-15(2)19(14)24-13-18(23)12-22-8-6-16(7-9-22)17-10-20-21-11-17/h3-5,10-11,16,18,23H,6-9,12-13H2,1-2H3,(H,20,21). The van der Waals surface area contributed by atoms with Gasteiger partial charge in [0.25, 0.3) is 0 Å².